The minimum Gasteiger partial charge on any atom is -0.402 e. The van der Waals surface area contributed by atoms with Crippen molar-refractivity contribution in [2.75, 3.05) is 19.6 Å². The molecule has 0 rings (SSSR count). The molecule has 0 amide bonds. The average molecular weight is 720 g/mol. The van der Waals surface area contributed by atoms with E-state index >= 15 is 0 Å². The fourth-order valence-corrected chi connectivity index (χ4v) is 0.671. The van der Waals surface area contributed by atoms with Gasteiger partial charge in [-0.15, -0.1) is 0 Å². The number of nitrogens with zero attached hydrogens (tertiary/aromatic N) is 1. The molecule has 0 radical (unpaired) electrons. The third-order valence-corrected chi connectivity index (χ3v) is 1.34. The highest BCUT2D eigenvalue weighted by molar-refractivity contribution is 6.32. The summed E-state index contributed by atoms with van der Waals surface area (Å²) in [5.74, 6) is 0. The van der Waals surface area contributed by atoms with Crippen molar-refractivity contribution in [1.82, 2.24) is 4.90 Å². The summed E-state index contributed by atoms with van der Waals surface area (Å²) in [6.07, 6.45) is 0. The lowest BCUT2D eigenvalue weighted by molar-refractivity contribution is 0.276. The molecule has 41 heteroatoms. The maximum atomic E-state index is 7.17. The Balaban J connectivity index is -0.0000000339. The predicted octanol–water partition coefficient (Wildman–Crippen LogP) is -19.2. The third-order valence-electron chi connectivity index (χ3n) is 1.34. The highest BCUT2D eigenvalue weighted by Gasteiger charge is 1.96. The highest BCUT2D eigenvalue weighted by atomic mass is 16.6. The van der Waals surface area contributed by atoms with Crippen LogP contribution in [0.15, 0.2) is 0 Å². The van der Waals surface area contributed by atoms with Gasteiger partial charge in [-0.25, -0.2) is 0 Å². The SMILES string of the molecule is CCN(CC)CC.OB(O)O.OB(O)O.OB(O)O.OB(O)O.OB(O)O.OB(O)O.OB(O)O.OB(O)O.OB(O)O.OB(O)O. The van der Waals surface area contributed by atoms with Crippen LogP contribution < -0.4 is 0 Å². The predicted molar refractivity (Wildman–Crippen MR) is 158 cm³/mol. The van der Waals surface area contributed by atoms with Gasteiger partial charge >= 0.3 is 73.2 Å². The second-order valence-corrected chi connectivity index (χ2v) is 5.08. The van der Waals surface area contributed by atoms with Gasteiger partial charge in [0.1, 0.15) is 0 Å². The summed E-state index contributed by atoms with van der Waals surface area (Å²) in [5.41, 5.74) is 0. The van der Waals surface area contributed by atoms with Crippen molar-refractivity contribution in [2.45, 2.75) is 20.8 Å². The molecular weight excluding hydrogens is 674 g/mol. The zero-order chi connectivity index (χ0) is 41.5. The lowest BCUT2D eigenvalue weighted by Gasteiger charge is -2.13. The van der Waals surface area contributed by atoms with Gasteiger partial charge in [0.25, 0.3) is 0 Å². The van der Waals surface area contributed by atoms with E-state index in [1.165, 1.54) is 19.6 Å². The average Bonchev–Trinajstić information content (AvgIpc) is 2.71. The fraction of sp³-hybridized carbons (Fsp3) is 1.00. The van der Waals surface area contributed by atoms with Gasteiger partial charge in [0.05, 0.1) is 0 Å². The molecule has 0 saturated carbocycles. The third kappa shape index (κ3) is 2920. The molecule has 284 valence electrons. The van der Waals surface area contributed by atoms with Crippen LogP contribution in [0.1, 0.15) is 20.8 Å². The second-order valence-electron chi connectivity index (χ2n) is 5.08. The van der Waals surface area contributed by atoms with Crippen LogP contribution in [0.3, 0.4) is 0 Å². The molecule has 0 spiro atoms. The number of hydrogen-bond acceptors (Lipinski definition) is 31. The first kappa shape index (κ1) is 76.3. The smallest absolute Gasteiger partial charge is 0.402 e. The van der Waals surface area contributed by atoms with Crippen molar-refractivity contribution in [2.24, 2.45) is 0 Å². The Kier molecular flexibility index (Phi) is 116. The molecule has 0 aliphatic carbocycles. The Hall–Kier alpha value is -0.591. The van der Waals surface area contributed by atoms with Crippen molar-refractivity contribution in [1.29, 1.82) is 0 Å². The molecular formula is C6H45B10NO30. The first-order valence-corrected chi connectivity index (χ1v) is 10.8. The van der Waals surface area contributed by atoms with E-state index in [1.807, 2.05) is 0 Å². The summed E-state index contributed by atoms with van der Waals surface area (Å²) in [6, 6.07) is 0. The molecule has 0 atom stereocenters. The van der Waals surface area contributed by atoms with E-state index in [-0.39, 0.29) is 0 Å². The minimum atomic E-state index is -2.17. The maximum absolute atomic E-state index is 7.17. The van der Waals surface area contributed by atoms with Crippen LogP contribution in [0.4, 0.5) is 0 Å². The Bertz CT molecular complexity index is 281. The maximum Gasteiger partial charge on any atom is 0.631 e. The van der Waals surface area contributed by atoms with Gasteiger partial charge in [-0.3, -0.25) is 0 Å². The van der Waals surface area contributed by atoms with Crippen LogP contribution in [0.2, 0.25) is 0 Å². The number of hydrogen-bond donors (Lipinski definition) is 30. The molecule has 0 unspecified atom stereocenters. The fourth-order valence-electron chi connectivity index (χ4n) is 0.671. The zero-order valence-electron chi connectivity index (χ0n) is 24.8. The van der Waals surface area contributed by atoms with Gasteiger partial charge in [-0.1, -0.05) is 20.8 Å². The van der Waals surface area contributed by atoms with E-state index in [0.717, 1.165) is 0 Å². The van der Waals surface area contributed by atoms with Gasteiger partial charge in [-0.2, -0.15) is 0 Å². The standard InChI is InChI=1S/C6H15N.10BH3O3/c1-4-7(5-2)6-3;10*2-1(3)4/h4-6H2,1-3H3;10*2-4H. The summed E-state index contributed by atoms with van der Waals surface area (Å²) < 4.78 is 0. The monoisotopic (exact) mass is 721 g/mol. The quantitative estimate of drug-likeness (QED) is 0.120. The molecule has 0 aromatic rings. The lowest BCUT2D eigenvalue weighted by atomic mass is 10.3. The summed E-state index contributed by atoms with van der Waals surface area (Å²) >= 11 is 0. The molecule has 0 fully saturated rings. The molecule has 0 aromatic heterocycles. The van der Waals surface area contributed by atoms with E-state index in [2.05, 4.69) is 25.7 Å². The Morgan fingerprint density at radius 2 is 0.255 bits per heavy atom. The summed E-state index contributed by atoms with van der Waals surface area (Å²) in [5, 5.41) is 215. The van der Waals surface area contributed by atoms with Crippen LogP contribution >= 0.6 is 0 Å². The topological polar surface area (TPSA) is 610 Å². The highest BCUT2D eigenvalue weighted by Crippen LogP contribution is 1.81. The first-order valence-electron chi connectivity index (χ1n) is 10.8. The Morgan fingerprint density at radius 1 is 0.213 bits per heavy atom. The van der Waals surface area contributed by atoms with Crippen molar-refractivity contribution < 1.29 is 151 Å². The molecule has 0 heterocycles. The summed E-state index contributed by atoms with van der Waals surface area (Å²) in [7, 11) is -21.7. The molecule has 0 aliphatic heterocycles. The van der Waals surface area contributed by atoms with Crippen molar-refractivity contribution >= 4 is 73.2 Å². The zero-order valence-corrected chi connectivity index (χ0v) is 24.8. The second kappa shape index (κ2) is 71.4. The molecule has 0 saturated heterocycles. The van der Waals surface area contributed by atoms with Crippen molar-refractivity contribution in [3.8, 4) is 0 Å². The van der Waals surface area contributed by atoms with Crippen LogP contribution in [0.25, 0.3) is 0 Å². The van der Waals surface area contributed by atoms with Crippen molar-refractivity contribution in [3.05, 3.63) is 0 Å². The molecule has 0 bridgehead atoms. The van der Waals surface area contributed by atoms with Crippen LogP contribution in [-0.2, 0) is 0 Å². The first-order chi connectivity index (χ1) is 20.7. The molecule has 47 heavy (non-hydrogen) atoms. The van der Waals surface area contributed by atoms with E-state index in [4.69, 9.17) is 151 Å². The largest absolute Gasteiger partial charge is 0.631 e. The van der Waals surface area contributed by atoms with Crippen molar-refractivity contribution in [3.63, 3.8) is 0 Å². The molecule has 0 aliphatic rings. The van der Waals surface area contributed by atoms with E-state index < -0.39 is 73.2 Å². The Morgan fingerprint density at radius 3 is 0.255 bits per heavy atom. The number of rotatable bonds is 3. The minimum absolute atomic E-state index is 1.19. The van der Waals surface area contributed by atoms with E-state index in [1.54, 1.807) is 0 Å². The van der Waals surface area contributed by atoms with Gasteiger partial charge in [0, 0.05) is 0 Å². The van der Waals surface area contributed by atoms with E-state index in [9.17, 15) is 0 Å². The normalized spacial score (nSPS) is 7.28. The molecule has 0 aromatic carbocycles. The van der Waals surface area contributed by atoms with Crippen LogP contribution in [0, 0.1) is 0 Å². The molecule has 30 N–H and O–H groups in total. The summed E-state index contributed by atoms with van der Waals surface area (Å²) in [6.45, 7) is 10.1. The summed E-state index contributed by atoms with van der Waals surface area (Å²) in [4.78, 5) is 2.38. The molecule has 31 nitrogen and oxygen atoms in total. The van der Waals surface area contributed by atoms with Gasteiger partial charge in [0.15, 0.2) is 0 Å². The van der Waals surface area contributed by atoms with Crippen LogP contribution in [-0.4, -0.2) is 248 Å². The van der Waals surface area contributed by atoms with E-state index in [0.29, 0.717) is 0 Å². The van der Waals surface area contributed by atoms with Crippen LogP contribution in [0.5, 0.6) is 0 Å². The van der Waals surface area contributed by atoms with Gasteiger partial charge in [-0.05, 0) is 19.6 Å². The van der Waals surface area contributed by atoms with Gasteiger partial charge < -0.3 is 156 Å². The Labute approximate surface area is 269 Å². The van der Waals surface area contributed by atoms with Gasteiger partial charge in [0.2, 0.25) is 0 Å². The lowest BCUT2D eigenvalue weighted by Crippen LogP contribution is -2.21.